The Morgan fingerprint density at radius 3 is 2.63 bits per heavy atom. The van der Waals surface area contributed by atoms with Crippen molar-refractivity contribution in [2.24, 2.45) is 11.8 Å². The first-order chi connectivity index (χ1) is 9.19. The number of Topliss-reactive ketones (excluding diaryl/α,β-unsaturated/α-hetero) is 1. The Labute approximate surface area is 116 Å². The van der Waals surface area contributed by atoms with Crippen molar-refractivity contribution in [1.82, 2.24) is 4.90 Å². The second kappa shape index (κ2) is 6.85. The summed E-state index contributed by atoms with van der Waals surface area (Å²) in [5.41, 5.74) is 1.39. The molecule has 1 aliphatic rings. The first kappa shape index (κ1) is 14.3. The minimum atomic E-state index is 0.347. The van der Waals surface area contributed by atoms with E-state index >= 15 is 0 Å². The third kappa shape index (κ3) is 4.17. The predicted octanol–water partition coefficient (Wildman–Crippen LogP) is 3.51. The van der Waals surface area contributed by atoms with Gasteiger partial charge in [0.2, 0.25) is 0 Å². The highest BCUT2D eigenvalue weighted by Crippen LogP contribution is 2.29. The fourth-order valence-electron chi connectivity index (χ4n) is 3.24. The van der Waals surface area contributed by atoms with Crippen molar-refractivity contribution in [2.45, 2.75) is 39.7 Å². The van der Waals surface area contributed by atoms with Gasteiger partial charge in [-0.15, -0.1) is 0 Å². The highest BCUT2D eigenvalue weighted by molar-refractivity contribution is 5.75. The maximum absolute atomic E-state index is 11.3. The summed E-state index contributed by atoms with van der Waals surface area (Å²) in [5.74, 6) is 1.64. The largest absolute Gasteiger partial charge is 0.300 e. The Bertz CT molecular complexity index is 401. The number of rotatable bonds is 5. The molecular formula is C17H25NO. The maximum Gasteiger partial charge on any atom is 0.130 e. The molecule has 2 atom stereocenters. The molecule has 104 valence electrons. The van der Waals surface area contributed by atoms with Gasteiger partial charge in [0.1, 0.15) is 5.78 Å². The van der Waals surface area contributed by atoms with Crippen LogP contribution in [0.25, 0.3) is 0 Å². The van der Waals surface area contributed by atoms with Gasteiger partial charge in [0.05, 0.1) is 0 Å². The van der Waals surface area contributed by atoms with Crippen LogP contribution < -0.4 is 0 Å². The minimum absolute atomic E-state index is 0.347. The van der Waals surface area contributed by atoms with Crippen molar-refractivity contribution < 1.29 is 4.79 Å². The van der Waals surface area contributed by atoms with Gasteiger partial charge >= 0.3 is 0 Å². The molecule has 0 N–H and O–H groups in total. The zero-order valence-electron chi connectivity index (χ0n) is 12.1. The van der Waals surface area contributed by atoms with Gasteiger partial charge in [-0.05, 0) is 37.3 Å². The molecule has 0 amide bonds. The van der Waals surface area contributed by atoms with E-state index in [0.29, 0.717) is 17.6 Å². The van der Waals surface area contributed by atoms with Crippen LogP contribution in [0.5, 0.6) is 0 Å². The van der Waals surface area contributed by atoms with E-state index in [0.717, 1.165) is 26.1 Å². The van der Waals surface area contributed by atoms with Crippen LogP contribution in [0, 0.1) is 11.8 Å². The number of nitrogens with zero attached hydrogens (tertiary/aromatic N) is 1. The Morgan fingerprint density at radius 2 is 2.00 bits per heavy atom. The SMILES string of the molecule is CC[C@@H]1CN(Cc2ccccc2)CC[C@@H]1CC(C)=O. The summed E-state index contributed by atoms with van der Waals surface area (Å²) in [7, 11) is 0. The lowest BCUT2D eigenvalue weighted by atomic mass is 9.80. The van der Waals surface area contributed by atoms with Crippen LogP contribution >= 0.6 is 0 Å². The van der Waals surface area contributed by atoms with Gasteiger partial charge in [-0.1, -0.05) is 43.7 Å². The summed E-state index contributed by atoms with van der Waals surface area (Å²) in [6.45, 7) is 7.30. The normalized spacial score (nSPS) is 24.3. The van der Waals surface area contributed by atoms with Gasteiger partial charge in [0, 0.05) is 19.5 Å². The van der Waals surface area contributed by atoms with E-state index in [1.165, 1.54) is 18.4 Å². The number of ketones is 1. The summed E-state index contributed by atoms with van der Waals surface area (Å²) < 4.78 is 0. The molecule has 0 aromatic heterocycles. The van der Waals surface area contributed by atoms with Crippen molar-refractivity contribution in [3.8, 4) is 0 Å². The lowest BCUT2D eigenvalue weighted by Crippen LogP contribution is -2.40. The molecule has 2 rings (SSSR count). The molecule has 0 saturated carbocycles. The lowest BCUT2D eigenvalue weighted by molar-refractivity contribution is -0.118. The fraction of sp³-hybridized carbons (Fsp3) is 0.588. The molecule has 1 saturated heterocycles. The van der Waals surface area contributed by atoms with Crippen LogP contribution in [-0.2, 0) is 11.3 Å². The molecule has 2 nitrogen and oxygen atoms in total. The first-order valence-electron chi connectivity index (χ1n) is 7.44. The van der Waals surface area contributed by atoms with Crippen molar-refractivity contribution in [2.75, 3.05) is 13.1 Å². The predicted molar refractivity (Wildman–Crippen MR) is 78.9 cm³/mol. The average Bonchev–Trinajstić information content (AvgIpc) is 2.41. The standard InChI is InChI=1S/C17H25NO/c1-3-16-13-18(10-9-17(16)11-14(2)19)12-15-7-5-4-6-8-15/h4-8,16-17H,3,9-13H2,1-2H3/t16-,17-/m1/s1. The van der Waals surface area contributed by atoms with Gasteiger partial charge in [0.25, 0.3) is 0 Å². The van der Waals surface area contributed by atoms with Crippen molar-refractivity contribution in [3.05, 3.63) is 35.9 Å². The van der Waals surface area contributed by atoms with Gasteiger partial charge < -0.3 is 4.79 Å². The summed E-state index contributed by atoms with van der Waals surface area (Å²) in [4.78, 5) is 13.9. The third-order valence-corrected chi connectivity index (χ3v) is 4.30. The summed E-state index contributed by atoms with van der Waals surface area (Å²) in [6.07, 6.45) is 3.13. The molecule has 0 spiro atoms. The van der Waals surface area contributed by atoms with Crippen LogP contribution in [0.2, 0.25) is 0 Å². The highest BCUT2D eigenvalue weighted by atomic mass is 16.1. The van der Waals surface area contributed by atoms with Crippen LogP contribution in [0.1, 0.15) is 38.7 Å². The minimum Gasteiger partial charge on any atom is -0.300 e. The second-order valence-corrected chi connectivity index (χ2v) is 5.84. The number of hydrogen-bond acceptors (Lipinski definition) is 2. The number of hydrogen-bond donors (Lipinski definition) is 0. The zero-order chi connectivity index (χ0) is 13.7. The van der Waals surface area contributed by atoms with Crippen LogP contribution in [0.15, 0.2) is 30.3 Å². The van der Waals surface area contributed by atoms with E-state index < -0.39 is 0 Å². The molecule has 0 aliphatic carbocycles. The molecule has 0 unspecified atom stereocenters. The van der Waals surface area contributed by atoms with Gasteiger partial charge in [-0.25, -0.2) is 0 Å². The summed E-state index contributed by atoms with van der Waals surface area (Å²) in [6, 6.07) is 10.7. The Kier molecular flexibility index (Phi) is 5.15. The second-order valence-electron chi connectivity index (χ2n) is 5.84. The summed E-state index contributed by atoms with van der Waals surface area (Å²) in [5, 5.41) is 0. The zero-order valence-corrected chi connectivity index (χ0v) is 12.1. The Morgan fingerprint density at radius 1 is 1.26 bits per heavy atom. The smallest absolute Gasteiger partial charge is 0.130 e. The van der Waals surface area contributed by atoms with E-state index in [2.05, 4.69) is 42.2 Å². The monoisotopic (exact) mass is 259 g/mol. The first-order valence-corrected chi connectivity index (χ1v) is 7.44. The lowest BCUT2D eigenvalue weighted by Gasteiger charge is -2.38. The Hall–Kier alpha value is -1.15. The average molecular weight is 259 g/mol. The molecule has 1 aliphatic heterocycles. The van der Waals surface area contributed by atoms with Crippen LogP contribution in [-0.4, -0.2) is 23.8 Å². The van der Waals surface area contributed by atoms with E-state index in [-0.39, 0.29) is 0 Å². The molecule has 1 fully saturated rings. The Balaban J connectivity index is 1.91. The topological polar surface area (TPSA) is 20.3 Å². The molecule has 1 heterocycles. The van der Waals surface area contributed by atoms with Crippen molar-refractivity contribution in [3.63, 3.8) is 0 Å². The van der Waals surface area contributed by atoms with Crippen molar-refractivity contribution >= 4 is 5.78 Å². The van der Waals surface area contributed by atoms with E-state index in [1.54, 1.807) is 6.92 Å². The number of likely N-dealkylation sites (tertiary alicyclic amines) is 1. The highest BCUT2D eigenvalue weighted by Gasteiger charge is 2.28. The molecule has 2 heteroatoms. The molecule has 1 aromatic rings. The quantitative estimate of drug-likeness (QED) is 0.806. The number of piperidine rings is 1. The molecular weight excluding hydrogens is 234 g/mol. The third-order valence-electron chi connectivity index (χ3n) is 4.30. The molecule has 1 aromatic carbocycles. The number of benzene rings is 1. The summed E-state index contributed by atoms with van der Waals surface area (Å²) >= 11 is 0. The molecule has 19 heavy (non-hydrogen) atoms. The van der Waals surface area contributed by atoms with E-state index in [4.69, 9.17) is 0 Å². The van der Waals surface area contributed by atoms with Crippen LogP contribution in [0.4, 0.5) is 0 Å². The fourth-order valence-corrected chi connectivity index (χ4v) is 3.24. The van der Waals surface area contributed by atoms with Gasteiger partial charge in [-0.2, -0.15) is 0 Å². The molecule has 0 bridgehead atoms. The van der Waals surface area contributed by atoms with E-state index in [9.17, 15) is 4.79 Å². The van der Waals surface area contributed by atoms with Crippen LogP contribution in [0.3, 0.4) is 0 Å². The van der Waals surface area contributed by atoms with Crippen molar-refractivity contribution in [1.29, 1.82) is 0 Å². The van der Waals surface area contributed by atoms with Gasteiger partial charge in [0.15, 0.2) is 0 Å². The maximum atomic E-state index is 11.3. The molecule has 0 radical (unpaired) electrons. The number of carbonyl (C=O) groups excluding carboxylic acids is 1. The van der Waals surface area contributed by atoms with E-state index in [1.807, 2.05) is 0 Å². The van der Waals surface area contributed by atoms with Gasteiger partial charge in [-0.3, -0.25) is 4.90 Å². The number of carbonyl (C=O) groups is 1.